The molecule has 0 N–H and O–H groups in total. The van der Waals surface area contributed by atoms with Gasteiger partial charge in [-0.3, -0.25) is 0 Å². The van der Waals surface area contributed by atoms with Gasteiger partial charge in [-0.1, -0.05) is 6.08 Å². The highest BCUT2D eigenvalue weighted by Crippen LogP contribution is 2.30. The van der Waals surface area contributed by atoms with Crippen LogP contribution in [0.25, 0.3) is 16.5 Å². The molecular weight excluding hydrogens is 340 g/mol. The molecule has 2 rings (SSSR count). The van der Waals surface area contributed by atoms with E-state index < -0.39 is 17.7 Å². The lowest BCUT2D eigenvalue weighted by Gasteiger charge is -2.02. The highest BCUT2D eigenvalue weighted by atomic mass is 16.5. The van der Waals surface area contributed by atoms with Gasteiger partial charge in [-0.25, -0.2) is 9.59 Å². The maximum atomic E-state index is 12.4. The Balaban J connectivity index is 2.54. The molecule has 26 heavy (non-hydrogen) atoms. The Morgan fingerprint density at radius 1 is 1.35 bits per heavy atom. The summed E-state index contributed by atoms with van der Waals surface area (Å²) in [7, 11) is 2.61. The molecule has 0 aliphatic rings. The first-order valence-electron chi connectivity index (χ1n) is 7.76. The number of esters is 2. The fourth-order valence-corrected chi connectivity index (χ4v) is 2.33. The van der Waals surface area contributed by atoms with Crippen LogP contribution in [-0.2, 0) is 14.3 Å². The van der Waals surface area contributed by atoms with Gasteiger partial charge in [-0.15, -0.1) is 6.58 Å². The van der Waals surface area contributed by atoms with E-state index >= 15 is 0 Å². The van der Waals surface area contributed by atoms with Crippen molar-refractivity contribution in [3.63, 3.8) is 0 Å². The van der Waals surface area contributed by atoms with Crippen LogP contribution in [0.5, 0.6) is 5.75 Å². The molecule has 0 fully saturated rings. The van der Waals surface area contributed by atoms with Gasteiger partial charge < -0.3 is 24.2 Å². The van der Waals surface area contributed by atoms with E-state index in [1.54, 1.807) is 24.3 Å². The molecule has 0 bridgehead atoms. The predicted octanol–water partition coefficient (Wildman–Crippen LogP) is 2.76. The summed E-state index contributed by atoms with van der Waals surface area (Å²) in [4.78, 5) is 27.3. The van der Waals surface area contributed by atoms with Crippen LogP contribution in [-0.4, -0.2) is 43.3 Å². The van der Waals surface area contributed by atoms with E-state index in [4.69, 9.17) is 13.9 Å². The molecule has 1 aromatic carbocycles. The zero-order valence-electron chi connectivity index (χ0n) is 14.5. The number of furan rings is 1. The number of unbranched alkanes of at least 4 members (excludes halogenated alkanes) is 1. The van der Waals surface area contributed by atoms with Crippen LogP contribution in [0.15, 0.2) is 35.3 Å². The van der Waals surface area contributed by atoms with Gasteiger partial charge >= 0.3 is 17.7 Å². The Bertz CT molecular complexity index is 892. The van der Waals surface area contributed by atoms with Crippen LogP contribution in [0.3, 0.4) is 0 Å². The zero-order chi connectivity index (χ0) is 19.1. The first-order valence-corrected chi connectivity index (χ1v) is 7.76. The van der Waals surface area contributed by atoms with Gasteiger partial charge in [-0.05, 0) is 25.0 Å². The number of nitrogens with zero attached hydrogens (tertiary/aromatic N) is 2. The number of fused-ring (bicyclic) bond motifs is 1. The molecular formula is C18H18N2O6. The summed E-state index contributed by atoms with van der Waals surface area (Å²) in [6.07, 6.45) is 2.99. The number of carbonyl (C=O) groups is 2. The van der Waals surface area contributed by atoms with Crippen LogP contribution in [0.1, 0.15) is 29.0 Å². The maximum absolute atomic E-state index is 12.4. The van der Waals surface area contributed by atoms with Crippen molar-refractivity contribution in [1.29, 1.82) is 0 Å². The normalized spacial score (nSPS) is 10.1. The summed E-state index contributed by atoms with van der Waals surface area (Å²) in [6.45, 7) is 3.74. The molecule has 1 heterocycles. The van der Waals surface area contributed by atoms with Crippen molar-refractivity contribution in [1.82, 2.24) is 0 Å². The van der Waals surface area contributed by atoms with Crippen molar-refractivity contribution in [3.8, 4) is 5.75 Å². The third kappa shape index (κ3) is 3.81. The molecule has 2 aromatic rings. The summed E-state index contributed by atoms with van der Waals surface area (Å²) in [5.74, 6) is -1.48. The predicted molar refractivity (Wildman–Crippen MR) is 92.2 cm³/mol. The Morgan fingerprint density at radius 2 is 2.12 bits per heavy atom. The minimum Gasteiger partial charge on any atom is -0.497 e. The molecule has 8 heteroatoms. The van der Waals surface area contributed by atoms with Crippen LogP contribution in [0, 0.1) is 0 Å². The van der Waals surface area contributed by atoms with E-state index in [1.807, 2.05) is 0 Å². The minimum absolute atomic E-state index is 0.00859. The smallest absolute Gasteiger partial charge is 0.422 e. The number of rotatable bonds is 8. The Morgan fingerprint density at radius 3 is 2.73 bits per heavy atom. The van der Waals surface area contributed by atoms with Crippen LogP contribution >= 0.6 is 0 Å². The second kappa shape index (κ2) is 8.64. The van der Waals surface area contributed by atoms with Crippen molar-refractivity contribution in [2.75, 3.05) is 20.8 Å². The molecule has 0 saturated heterocycles. The molecule has 0 aliphatic carbocycles. The molecule has 1 aromatic heterocycles. The summed E-state index contributed by atoms with van der Waals surface area (Å²) in [5, 5.41) is 0.377. The molecule has 0 radical (unpaired) electrons. The second-order valence-corrected chi connectivity index (χ2v) is 5.18. The molecule has 0 amide bonds. The highest BCUT2D eigenvalue weighted by Gasteiger charge is 2.35. The maximum Gasteiger partial charge on any atom is 0.422 e. The average Bonchev–Trinajstić information content (AvgIpc) is 3.04. The van der Waals surface area contributed by atoms with Gasteiger partial charge in [0.25, 0.3) is 0 Å². The SMILES string of the molecule is C=CCCCOC(=O)c1oc2cc(OC)ccc2c1C(=[N+]=[N-])C(=O)OC. The Hall–Kier alpha value is -3.38. The van der Waals surface area contributed by atoms with Crippen molar-refractivity contribution >= 4 is 28.6 Å². The fourth-order valence-electron chi connectivity index (χ4n) is 2.33. The first kappa shape index (κ1) is 19.0. The van der Waals surface area contributed by atoms with Gasteiger partial charge in [0, 0.05) is 11.5 Å². The standard InChI is InChI=1S/C18H18N2O6/c1-4-5-6-9-25-18(22)16-14(15(20-19)17(21)24-3)12-8-7-11(23-2)10-13(12)26-16/h4,7-8,10H,1,5-6,9H2,2-3H3. The molecule has 136 valence electrons. The van der Waals surface area contributed by atoms with Gasteiger partial charge in [0.15, 0.2) is 0 Å². The van der Waals surface area contributed by atoms with E-state index in [0.29, 0.717) is 24.0 Å². The average molecular weight is 358 g/mol. The number of allylic oxidation sites excluding steroid dienone is 1. The molecule has 0 spiro atoms. The lowest BCUT2D eigenvalue weighted by molar-refractivity contribution is -0.137. The second-order valence-electron chi connectivity index (χ2n) is 5.18. The van der Waals surface area contributed by atoms with E-state index in [2.05, 4.69) is 16.1 Å². The molecule has 0 aliphatic heterocycles. The summed E-state index contributed by atoms with van der Waals surface area (Å²) >= 11 is 0. The summed E-state index contributed by atoms with van der Waals surface area (Å²) in [5.41, 5.74) is 9.06. The summed E-state index contributed by atoms with van der Waals surface area (Å²) < 4.78 is 20.5. The highest BCUT2D eigenvalue weighted by molar-refractivity contribution is 6.44. The number of methoxy groups -OCH3 is 2. The topological polar surface area (TPSA) is 111 Å². The summed E-state index contributed by atoms with van der Waals surface area (Å²) in [6, 6.07) is 4.74. The van der Waals surface area contributed by atoms with Gasteiger partial charge in [0.1, 0.15) is 16.9 Å². The van der Waals surface area contributed by atoms with Crippen molar-refractivity contribution < 1.29 is 33.0 Å². The molecule has 0 saturated carbocycles. The molecule has 8 nitrogen and oxygen atoms in total. The number of carbonyl (C=O) groups excluding carboxylic acids is 2. The van der Waals surface area contributed by atoms with E-state index in [1.165, 1.54) is 7.11 Å². The van der Waals surface area contributed by atoms with Crippen LogP contribution in [0.2, 0.25) is 0 Å². The van der Waals surface area contributed by atoms with E-state index in [-0.39, 0.29) is 23.5 Å². The van der Waals surface area contributed by atoms with Crippen molar-refractivity contribution in [2.45, 2.75) is 12.8 Å². The molecule has 0 atom stereocenters. The number of ether oxygens (including phenoxy) is 3. The number of benzene rings is 1. The Labute approximate surface area is 149 Å². The van der Waals surface area contributed by atoms with Gasteiger partial charge in [0.05, 0.1) is 20.8 Å². The lowest BCUT2D eigenvalue weighted by atomic mass is 10.1. The quantitative estimate of drug-likeness (QED) is 0.179. The van der Waals surface area contributed by atoms with Gasteiger partial charge in [-0.2, -0.15) is 4.79 Å². The van der Waals surface area contributed by atoms with Gasteiger partial charge in [0.2, 0.25) is 5.76 Å². The minimum atomic E-state index is -0.924. The Kier molecular flexibility index (Phi) is 6.30. The van der Waals surface area contributed by atoms with E-state index in [0.717, 1.165) is 7.11 Å². The van der Waals surface area contributed by atoms with Crippen molar-refractivity contribution in [2.24, 2.45) is 0 Å². The lowest BCUT2D eigenvalue weighted by Crippen LogP contribution is -2.21. The number of hydrogen-bond donors (Lipinski definition) is 0. The van der Waals surface area contributed by atoms with Crippen LogP contribution < -0.4 is 4.74 Å². The monoisotopic (exact) mass is 358 g/mol. The largest absolute Gasteiger partial charge is 0.497 e. The first-order chi connectivity index (χ1) is 12.6. The van der Waals surface area contributed by atoms with Crippen LogP contribution in [0.4, 0.5) is 0 Å². The third-order valence-electron chi connectivity index (χ3n) is 3.58. The molecule has 0 unspecified atom stereocenters. The third-order valence-corrected chi connectivity index (χ3v) is 3.58. The van der Waals surface area contributed by atoms with E-state index in [9.17, 15) is 15.1 Å². The zero-order valence-corrected chi connectivity index (χ0v) is 14.5. The van der Waals surface area contributed by atoms with Crippen molar-refractivity contribution in [3.05, 3.63) is 47.7 Å². The fraction of sp³-hybridized carbons (Fsp3) is 0.278. The number of hydrogen-bond acceptors (Lipinski definition) is 6.